The van der Waals surface area contributed by atoms with Gasteiger partial charge in [0.1, 0.15) is 5.75 Å². The van der Waals surface area contributed by atoms with Gasteiger partial charge in [0, 0.05) is 0 Å². The third kappa shape index (κ3) is 3.14. The van der Waals surface area contributed by atoms with Crippen molar-refractivity contribution in [3.05, 3.63) is 23.8 Å². The van der Waals surface area contributed by atoms with Crippen molar-refractivity contribution in [2.24, 2.45) is 10.7 Å². The van der Waals surface area contributed by atoms with Gasteiger partial charge in [-0.05, 0) is 54.9 Å². The minimum Gasteiger partial charge on any atom is -0.496 e. The molecule has 86 valence electrons. The summed E-state index contributed by atoms with van der Waals surface area (Å²) in [4.78, 5) is 3.96. The monoisotopic (exact) mass is 236 g/mol. The standard InChI is InChI=1S/C12H16N2OS/c1-9(5-6-13)11-7-10(14-8-16)3-4-12(11)15-2/h3-4,7,9H,5-6,13H2,1-2H3. The lowest BCUT2D eigenvalue weighted by Gasteiger charge is -2.15. The zero-order chi connectivity index (χ0) is 12.0. The van der Waals surface area contributed by atoms with Crippen LogP contribution in [0.1, 0.15) is 24.8 Å². The Balaban J connectivity index is 3.10. The number of hydrogen-bond acceptors (Lipinski definition) is 4. The van der Waals surface area contributed by atoms with E-state index in [-0.39, 0.29) is 0 Å². The van der Waals surface area contributed by atoms with Crippen LogP contribution in [0, 0.1) is 0 Å². The van der Waals surface area contributed by atoms with E-state index < -0.39 is 0 Å². The summed E-state index contributed by atoms with van der Waals surface area (Å²) in [7, 11) is 1.66. The van der Waals surface area contributed by atoms with Crippen LogP contribution in [0.5, 0.6) is 5.75 Å². The van der Waals surface area contributed by atoms with E-state index in [9.17, 15) is 0 Å². The topological polar surface area (TPSA) is 47.6 Å². The third-order valence-corrected chi connectivity index (χ3v) is 2.61. The normalized spacial score (nSPS) is 11.7. The Kier molecular flexibility index (Phi) is 5.12. The van der Waals surface area contributed by atoms with Crippen molar-refractivity contribution in [1.29, 1.82) is 0 Å². The summed E-state index contributed by atoms with van der Waals surface area (Å²) in [6, 6.07) is 5.73. The van der Waals surface area contributed by atoms with Gasteiger partial charge in [-0.1, -0.05) is 6.92 Å². The first-order chi connectivity index (χ1) is 7.72. The van der Waals surface area contributed by atoms with E-state index in [1.165, 1.54) is 0 Å². The van der Waals surface area contributed by atoms with Crippen LogP contribution in [0.15, 0.2) is 23.2 Å². The van der Waals surface area contributed by atoms with Crippen molar-refractivity contribution in [2.45, 2.75) is 19.3 Å². The van der Waals surface area contributed by atoms with Crippen molar-refractivity contribution in [1.82, 2.24) is 0 Å². The first-order valence-corrected chi connectivity index (χ1v) is 5.59. The SMILES string of the molecule is COc1ccc(N=C=S)cc1C(C)CCN. The van der Waals surface area contributed by atoms with Crippen LogP contribution in [0.3, 0.4) is 0 Å². The number of nitrogens with two attached hydrogens (primary N) is 1. The molecule has 0 amide bonds. The molecule has 1 unspecified atom stereocenters. The number of methoxy groups -OCH3 is 1. The fourth-order valence-electron chi connectivity index (χ4n) is 1.63. The van der Waals surface area contributed by atoms with Crippen LogP contribution < -0.4 is 10.5 Å². The molecule has 1 aromatic carbocycles. The van der Waals surface area contributed by atoms with Gasteiger partial charge >= 0.3 is 0 Å². The number of benzene rings is 1. The molecule has 1 aromatic rings. The lowest BCUT2D eigenvalue weighted by Crippen LogP contribution is -2.05. The molecular formula is C12H16N2OS. The maximum atomic E-state index is 5.56. The van der Waals surface area contributed by atoms with Crippen LogP contribution in [0.25, 0.3) is 0 Å². The fraction of sp³-hybridized carbons (Fsp3) is 0.417. The Morgan fingerprint density at radius 1 is 1.56 bits per heavy atom. The summed E-state index contributed by atoms with van der Waals surface area (Å²) >= 11 is 4.59. The predicted molar refractivity (Wildman–Crippen MR) is 69.8 cm³/mol. The molecule has 0 aliphatic rings. The van der Waals surface area contributed by atoms with Crippen molar-refractivity contribution >= 4 is 23.1 Å². The molecule has 3 nitrogen and oxygen atoms in total. The summed E-state index contributed by atoms with van der Waals surface area (Å²) in [5.41, 5.74) is 7.47. The molecule has 0 aliphatic heterocycles. The molecule has 0 aliphatic carbocycles. The minimum absolute atomic E-state index is 0.347. The van der Waals surface area contributed by atoms with Gasteiger partial charge in [-0.3, -0.25) is 0 Å². The molecule has 0 heterocycles. The highest BCUT2D eigenvalue weighted by Crippen LogP contribution is 2.31. The number of thiocarbonyl (C=S) groups is 1. The van der Waals surface area contributed by atoms with E-state index in [1.54, 1.807) is 7.11 Å². The zero-order valence-corrected chi connectivity index (χ0v) is 10.4. The lowest BCUT2D eigenvalue weighted by molar-refractivity contribution is 0.405. The van der Waals surface area contributed by atoms with Crippen LogP contribution >= 0.6 is 12.2 Å². The number of hydrogen-bond donors (Lipinski definition) is 1. The van der Waals surface area contributed by atoms with E-state index >= 15 is 0 Å². The second-order valence-corrected chi connectivity index (χ2v) is 3.79. The largest absolute Gasteiger partial charge is 0.496 e. The Morgan fingerprint density at radius 2 is 2.31 bits per heavy atom. The molecular weight excluding hydrogens is 220 g/mol. The molecule has 0 saturated carbocycles. The summed E-state index contributed by atoms with van der Waals surface area (Å²) in [5, 5.41) is 2.36. The number of isothiocyanates is 1. The number of nitrogens with zero attached hydrogens (tertiary/aromatic N) is 1. The van der Waals surface area contributed by atoms with Crippen LogP contribution in [0.4, 0.5) is 5.69 Å². The highest BCUT2D eigenvalue weighted by Gasteiger charge is 2.11. The van der Waals surface area contributed by atoms with Gasteiger partial charge in [-0.2, -0.15) is 4.99 Å². The van der Waals surface area contributed by atoms with Gasteiger partial charge in [-0.25, -0.2) is 0 Å². The molecule has 0 bridgehead atoms. The van der Waals surface area contributed by atoms with Gasteiger partial charge in [0.25, 0.3) is 0 Å². The summed E-state index contributed by atoms with van der Waals surface area (Å²) in [6.45, 7) is 2.78. The number of aliphatic imine (C=N–C) groups is 1. The Labute approximate surface area is 101 Å². The predicted octanol–water partition coefficient (Wildman–Crippen LogP) is 2.88. The Hall–Kier alpha value is -1.22. The lowest BCUT2D eigenvalue weighted by atomic mass is 9.96. The molecule has 0 fully saturated rings. The first-order valence-electron chi connectivity index (χ1n) is 5.18. The molecule has 1 rings (SSSR count). The zero-order valence-electron chi connectivity index (χ0n) is 9.56. The second-order valence-electron chi connectivity index (χ2n) is 3.61. The third-order valence-electron chi connectivity index (χ3n) is 2.52. The van der Waals surface area contributed by atoms with Crippen LogP contribution in [-0.4, -0.2) is 18.8 Å². The fourth-order valence-corrected chi connectivity index (χ4v) is 1.74. The van der Waals surface area contributed by atoms with Gasteiger partial charge in [0.05, 0.1) is 18.0 Å². The number of ether oxygens (including phenoxy) is 1. The molecule has 0 radical (unpaired) electrons. The Bertz CT molecular complexity index is 400. The van der Waals surface area contributed by atoms with Crippen molar-refractivity contribution < 1.29 is 4.74 Å². The summed E-state index contributed by atoms with van der Waals surface area (Å²) < 4.78 is 5.32. The average Bonchev–Trinajstić information content (AvgIpc) is 2.30. The Morgan fingerprint density at radius 3 is 2.88 bits per heavy atom. The summed E-state index contributed by atoms with van der Waals surface area (Å²) in [5.74, 6) is 1.21. The van der Waals surface area contributed by atoms with Gasteiger partial charge in [0.2, 0.25) is 0 Å². The van der Waals surface area contributed by atoms with E-state index in [0.29, 0.717) is 12.5 Å². The second kappa shape index (κ2) is 6.38. The number of rotatable bonds is 5. The minimum atomic E-state index is 0.347. The van der Waals surface area contributed by atoms with Crippen LogP contribution in [0.2, 0.25) is 0 Å². The first kappa shape index (κ1) is 12.8. The molecule has 0 saturated heterocycles. The average molecular weight is 236 g/mol. The van der Waals surface area contributed by atoms with E-state index in [0.717, 1.165) is 23.4 Å². The highest BCUT2D eigenvalue weighted by molar-refractivity contribution is 7.78. The summed E-state index contributed by atoms with van der Waals surface area (Å²) in [6.07, 6.45) is 0.918. The molecule has 0 spiro atoms. The molecule has 4 heteroatoms. The van der Waals surface area contributed by atoms with Crippen LogP contribution in [-0.2, 0) is 0 Å². The van der Waals surface area contributed by atoms with Crippen molar-refractivity contribution in [2.75, 3.05) is 13.7 Å². The van der Waals surface area contributed by atoms with E-state index in [1.807, 2.05) is 18.2 Å². The molecule has 16 heavy (non-hydrogen) atoms. The van der Waals surface area contributed by atoms with E-state index in [2.05, 4.69) is 29.3 Å². The maximum absolute atomic E-state index is 5.56. The van der Waals surface area contributed by atoms with Crippen molar-refractivity contribution in [3.63, 3.8) is 0 Å². The maximum Gasteiger partial charge on any atom is 0.122 e. The van der Waals surface area contributed by atoms with Gasteiger partial charge < -0.3 is 10.5 Å². The molecule has 0 aromatic heterocycles. The van der Waals surface area contributed by atoms with E-state index in [4.69, 9.17) is 10.5 Å². The van der Waals surface area contributed by atoms with Gasteiger partial charge in [-0.15, -0.1) is 0 Å². The van der Waals surface area contributed by atoms with Gasteiger partial charge in [0.15, 0.2) is 0 Å². The molecule has 1 atom stereocenters. The quantitative estimate of drug-likeness (QED) is 0.631. The van der Waals surface area contributed by atoms with Crippen molar-refractivity contribution in [3.8, 4) is 5.75 Å². The smallest absolute Gasteiger partial charge is 0.122 e. The highest BCUT2D eigenvalue weighted by atomic mass is 32.1. The molecule has 2 N–H and O–H groups in total.